The van der Waals surface area contributed by atoms with E-state index in [0.717, 1.165) is 5.56 Å². The van der Waals surface area contributed by atoms with Gasteiger partial charge in [0.2, 0.25) is 7.37 Å². The molecule has 0 radical (unpaired) electrons. The van der Waals surface area contributed by atoms with Gasteiger partial charge in [-0.1, -0.05) is 24.3 Å². The Balaban J connectivity index is 2.31. The Morgan fingerprint density at radius 3 is 2.50 bits per heavy atom. The third-order valence-corrected chi connectivity index (χ3v) is 6.02. The van der Waals surface area contributed by atoms with Crippen LogP contribution >= 0.6 is 7.37 Å². The predicted octanol–water partition coefficient (Wildman–Crippen LogP) is 1.52. The molecule has 0 saturated carbocycles. The van der Waals surface area contributed by atoms with E-state index >= 15 is 0 Å². The highest BCUT2D eigenvalue weighted by molar-refractivity contribution is 7.58. The molecule has 2 rings (SSSR count). The summed E-state index contributed by atoms with van der Waals surface area (Å²) in [6.45, 7) is 0. The van der Waals surface area contributed by atoms with Gasteiger partial charge in [0.1, 0.15) is 0 Å². The zero-order valence-electron chi connectivity index (χ0n) is 10.6. The second-order valence-corrected chi connectivity index (χ2v) is 7.53. The number of aliphatic carboxylic acids is 2. The Labute approximate surface area is 115 Å². The van der Waals surface area contributed by atoms with Gasteiger partial charge in [-0.2, -0.15) is 0 Å². The molecule has 1 unspecified atom stereocenters. The minimum absolute atomic E-state index is 0.195. The molecule has 0 fully saturated rings. The summed E-state index contributed by atoms with van der Waals surface area (Å²) in [4.78, 5) is 32.0. The van der Waals surface area contributed by atoms with Gasteiger partial charge < -0.3 is 15.1 Å². The maximum Gasteiger partial charge on any atom is 0.311 e. The van der Waals surface area contributed by atoms with Crippen molar-refractivity contribution in [2.24, 2.45) is 0 Å². The van der Waals surface area contributed by atoms with Crippen LogP contribution in [0.25, 0.3) is 0 Å². The standard InChI is InChI=1S/C13H15O6P/c14-11(15)5-6-20(18,19)10-7-8-3-1-2-4-9(8)12(10)13(16)17/h1-4,10,12H,5-7H2,(H,14,15)(H,16,17)(H,18,19)/t10-,12+/m1/s1. The number of hydrogen-bond acceptors (Lipinski definition) is 3. The second kappa shape index (κ2) is 5.38. The van der Waals surface area contributed by atoms with Gasteiger partial charge in [-0.25, -0.2) is 0 Å². The first kappa shape index (κ1) is 14.8. The molecule has 0 heterocycles. The monoisotopic (exact) mass is 298 g/mol. The highest BCUT2D eigenvalue weighted by atomic mass is 31.2. The van der Waals surface area contributed by atoms with Gasteiger partial charge in [-0.3, -0.25) is 14.2 Å². The van der Waals surface area contributed by atoms with Crippen LogP contribution in [0.15, 0.2) is 24.3 Å². The molecule has 1 aromatic rings. The number of benzene rings is 1. The van der Waals surface area contributed by atoms with Crippen molar-refractivity contribution >= 4 is 19.3 Å². The molecule has 3 N–H and O–H groups in total. The summed E-state index contributed by atoms with van der Waals surface area (Å²) in [5.41, 5.74) is 0.348. The van der Waals surface area contributed by atoms with Crippen LogP contribution in [0, 0.1) is 0 Å². The molecule has 1 aliphatic carbocycles. The quantitative estimate of drug-likeness (QED) is 0.711. The van der Waals surface area contributed by atoms with Crippen LogP contribution in [0.2, 0.25) is 0 Å². The third kappa shape index (κ3) is 2.76. The number of carboxylic acid groups (broad SMARTS) is 2. The zero-order chi connectivity index (χ0) is 14.9. The van der Waals surface area contributed by atoms with Crippen LogP contribution in [0.1, 0.15) is 23.5 Å². The van der Waals surface area contributed by atoms with Gasteiger partial charge in [0.25, 0.3) is 0 Å². The van der Waals surface area contributed by atoms with Crippen LogP contribution in [0.5, 0.6) is 0 Å². The van der Waals surface area contributed by atoms with Crippen LogP contribution in [0.3, 0.4) is 0 Å². The molecule has 6 nitrogen and oxygen atoms in total. The van der Waals surface area contributed by atoms with Crippen molar-refractivity contribution in [3.8, 4) is 0 Å². The molecule has 20 heavy (non-hydrogen) atoms. The summed E-state index contributed by atoms with van der Waals surface area (Å²) >= 11 is 0. The number of carboxylic acids is 2. The van der Waals surface area contributed by atoms with Gasteiger partial charge >= 0.3 is 11.9 Å². The van der Waals surface area contributed by atoms with Gasteiger partial charge in [0, 0.05) is 6.16 Å². The van der Waals surface area contributed by atoms with E-state index in [0.29, 0.717) is 5.56 Å². The molecular weight excluding hydrogens is 283 g/mol. The van der Waals surface area contributed by atoms with Crippen molar-refractivity contribution in [2.45, 2.75) is 24.4 Å². The summed E-state index contributed by atoms with van der Waals surface area (Å²) in [7, 11) is -3.85. The topological polar surface area (TPSA) is 112 Å². The van der Waals surface area contributed by atoms with Crippen molar-refractivity contribution in [1.29, 1.82) is 0 Å². The van der Waals surface area contributed by atoms with Crippen molar-refractivity contribution in [3.05, 3.63) is 35.4 Å². The molecule has 1 aliphatic rings. The molecule has 0 amide bonds. The summed E-state index contributed by atoms with van der Waals surface area (Å²) in [5.74, 6) is -3.36. The van der Waals surface area contributed by atoms with Crippen LogP contribution < -0.4 is 0 Å². The number of fused-ring (bicyclic) bond motifs is 1. The van der Waals surface area contributed by atoms with Crippen molar-refractivity contribution < 1.29 is 29.3 Å². The SMILES string of the molecule is O=C(O)CCP(=O)(O)[C@@H]1Cc2ccccc2[C@@H]1C(=O)O. The molecule has 7 heteroatoms. The van der Waals surface area contributed by atoms with E-state index in [1.165, 1.54) is 0 Å². The first-order valence-corrected chi connectivity index (χ1v) is 8.08. The fourth-order valence-electron chi connectivity index (χ4n) is 2.67. The average molecular weight is 298 g/mol. The largest absolute Gasteiger partial charge is 0.481 e. The Bertz CT molecular complexity index is 596. The maximum absolute atomic E-state index is 12.3. The van der Waals surface area contributed by atoms with E-state index < -0.39 is 43.5 Å². The van der Waals surface area contributed by atoms with Crippen molar-refractivity contribution in [1.82, 2.24) is 0 Å². The predicted molar refractivity (Wildman–Crippen MR) is 71.3 cm³/mol. The van der Waals surface area contributed by atoms with Gasteiger partial charge in [-0.15, -0.1) is 0 Å². The summed E-state index contributed by atoms with van der Waals surface area (Å²) in [6, 6.07) is 6.82. The number of rotatable bonds is 5. The molecule has 0 saturated heterocycles. The van der Waals surface area contributed by atoms with E-state index in [2.05, 4.69) is 0 Å². The fraction of sp³-hybridized carbons (Fsp3) is 0.385. The van der Waals surface area contributed by atoms with Crippen molar-refractivity contribution in [2.75, 3.05) is 6.16 Å². The Hall–Kier alpha value is -1.65. The lowest BCUT2D eigenvalue weighted by Gasteiger charge is -2.22. The van der Waals surface area contributed by atoms with Crippen molar-refractivity contribution in [3.63, 3.8) is 0 Å². The Kier molecular flexibility index (Phi) is 3.97. The second-order valence-electron chi connectivity index (χ2n) is 4.91. The lowest BCUT2D eigenvalue weighted by molar-refractivity contribution is -0.138. The minimum Gasteiger partial charge on any atom is -0.481 e. The summed E-state index contributed by atoms with van der Waals surface area (Å²) in [5, 5.41) is 17.9. The number of carbonyl (C=O) groups is 2. The van der Waals surface area contributed by atoms with E-state index in [1.807, 2.05) is 0 Å². The molecule has 3 atom stereocenters. The molecule has 0 bridgehead atoms. The molecule has 0 aliphatic heterocycles. The molecular formula is C13H15O6P. The molecule has 1 aromatic carbocycles. The highest BCUT2D eigenvalue weighted by Crippen LogP contribution is 2.57. The first-order chi connectivity index (χ1) is 9.33. The fourth-order valence-corrected chi connectivity index (χ4v) is 4.75. The van der Waals surface area contributed by atoms with E-state index in [4.69, 9.17) is 5.11 Å². The van der Waals surface area contributed by atoms with E-state index in [1.54, 1.807) is 24.3 Å². The average Bonchev–Trinajstić information content (AvgIpc) is 2.76. The maximum atomic E-state index is 12.3. The van der Waals surface area contributed by atoms with E-state index in [9.17, 15) is 24.2 Å². The first-order valence-electron chi connectivity index (χ1n) is 6.17. The van der Waals surface area contributed by atoms with Crippen LogP contribution in [-0.2, 0) is 20.6 Å². The third-order valence-electron chi connectivity index (χ3n) is 3.63. The zero-order valence-corrected chi connectivity index (χ0v) is 11.5. The normalized spacial score (nSPS) is 23.9. The van der Waals surface area contributed by atoms with Crippen LogP contribution in [0.4, 0.5) is 0 Å². The summed E-state index contributed by atoms with van der Waals surface area (Å²) < 4.78 is 12.3. The van der Waals surface area contributed by atoms with Gasteiger partial charge in [-0.05, 0) is 17.5 Å². The van der Waals surface area contributed by atoms with Gasteiger partial charge in [0.05, 0.1) is 18.0 Å². The molecule has 108 valence electrons. The smallest absolute Gasteiger partial charge is 0.311 e. The van der Waals surface area contributed by atoms with Crippen LogP contribution in [-0.4, -0.2) is 38.9 Å². The number of hydrogen-bond donors (Lipinski definition) is 3. The lowest BCUT2D eigenvalue weighted by atomic mass is 10.0. The minimum atomic E-state index is -3.85. The lowest BCUT2D eigenvalue weighted by Crippen LogP contribution is -2.24. The summed E-state index contributed by atoms with van der Waals surface area (Å²) in [6.07, 6.45) is -0.641. The Morgan fingerprint density at radius 1 is 1.25 bits per heavy atom. The Morgan fingerprint density at radius 2 is 1.90 bits per heavy atom. The highest BCUT2D eigenvalue weighted by Gasteiger charge is 2.46. The van der Waals surface area contributed by atoms with E-state index in [-0.39, 0.29) is 6.42 Å². The molecule has 0 spiro atoms. The van der Waals surface area contributed by atoms with Gasteiger partial charge in [0.15, 0.2) is 0 Å². The molecule has 0 aromatic heterocycles.